The topological polar surface area (TPSA) is 73.3 Å². The second kappa shape index (κ2) is 18.4. The number of ether oxygens (including phenoxy) is 4. The van der Waals surface area contributed by atoms with Crippen molar-refractivity contribution in [3.8, 4) is 11.5 Å². The van der Waals surface area contributed by atoms with Gasteiger partial charge in [-0.2, -0.15) is 8.78 Å². The molecular formula is C20H34F2IN3O4. The maximum atomic E-state index is 12.8. The van der Waals surface area contributed by atoms with E-state index in [2.05, 4.69) is 20.4 Å². The zero-order valence-corrected chi connectivity index (χ0v) is 20.2. The van der Waals surface area contributed by atoms with Gasteiger partial charge in [0.2, 0.25) is 0 Å². The van der Waals surface area contributed by atoms with Gasteiger partial charge in [0.05, 0.1) is 26.4 Å². The van der Waals surface area contributed by atoms with E-state index in [1.165, 1.54) is 0 Å². The Labute approximate surface area is 194 Å². The van der Waals surface area contributed by atoms with Gasteiger partial charge in [0.25, 0.3) is 0 Å². The number of halogens is 3. The quantitative estimate of drug-likeness (QED) is 0.151. The van der Waals surface area contributed by atoms with Gasteiger partial charge < -0.3 is 29.6 Å². The first-order valence-electron chi connectivity index (χ1n) is 9.90. The zero-order valence-electron chi connectivity index (χ0n) is 17.9. The number of rotatable bonds is 15. The number of methoxy groups -OCH3 is 1. The number of benzene rings is 1. The number of nitrogens with zero attached hydrogens (tertiary/aromatic N) is 1. The minimum Gasteiger partial charge on any atom is -0.490 e. The van der Waals surface area contributed by atoms with Crippen LogP contribution in [0.3, 0.4) is 0 Å². The van der Waals surface area contributed by atoms with E-state index >= 15 is 0 Å². The molecule has 0 amide bonds. The molecule has 0 aliphatic rings. The minimum absolute atomic E-state index is 0. The van der Waals surface area contributed by atoms with Gasteiger partial charge >= 0.3 is 6.61 Å². The average molecular weight is 545 g/mol. The Bertz CT molecular complexity index is 595. The monoisotopic (exact) mass is 545 g/mol. The third-order valence-electron chi connectivity index (χ3n) is 3.76. The third kappa shape index (κ3) is 12.3. The highest BCUT2D eigenvalue weighted by Crippen LogP contribution is 2.33. The van der Waals surface area contributed by atoms with Gasteiger partial charge in [0.15, 0.2) is 17.5 Å². The first kappa shape index (κ1) is 28.6. The van der Waals surface area contributed by atoms with E-state index in [0.717, 1.165) is 19.4 Å². The molecule has 0 aliphatic carbocycles. The van der Waals surface area contributed by atoms with Crippen LogP contribution < -0.4 is 20.1 Å². The molecule has 0 aromatic heterocycles. The number of hydrogen-bond donors (Lipinski definition) is 2. The lowest BCUT2D eigenvalue weighted by Gasteiger charge is -2.15. The Balaban J connectivity index is 0.00000841. The normalized spacial score (nSPS) is 11.2. The van der Waals surface area contributed by atoms with E-state index < -0.39 is 6.61 Å². The number of para-hydroxylation sites is 1. The van der Waals surface area contributed by atoms with E-state index in [0.29, 0.717) is 44.5 Å². The Kier molecular flexibility index (Phi) is 17.5. The molecule has 0 unspecified atom stereocenters. The van der Waals surface area contributed by atoms with Crippen molar-refractivity contribution in [2.75, 3.05) is 46.6 Å². The molecule has 30 heavy (non-hydrogen) atoms. The van der Waals surface area contributed by atoms with Crippen LogP contribution in [0.25, 0.3) is 0 Å². The van der Waals surface area contributed by atoms with Crippen LogP contribution in [-0.2, 0) is 16.0 Å². The van der Waals surface area contributed by atoms with Crippen molar-refractivity contribution < 1.29 is 27.7 Å². The Hall–Kier alpha value is -1.40. The minimum atomic E-state index is -2.93. The van der Waals surface area contributed by atoms with E-state index in [1.807, 2.05) is 6.92 Å². The summed E-state index contributed by atoms with van der Waals surface area (Å²) in [7, 11) is 1.64. The summed E-state index contributed by atoms with van der Waals surface area (Å²) in [6.45, 7) is 4.62. The third-order valence-corrected chi connectivity index (χ3v) is 3.76. The first-order chi connectivity index (χ1) is 14.1. The number of nitrogens with one attached hydrogen (secondary N) is 2. The highest BCUT2D eigenvalue weighted by atomic mass is 127. The summed E-state index contributed by atoms with van der Waals surface area (Å²) in [6.07, 6.45) is 1.83. The van der Waals surface area contributed by atoms with Crippen LogP contribution in [0.1, 0.15) is 32.3 Å². The second-order valence-electron chi connectivity index (χ2n) is 5.99. The average Bonchev–Trinajstić information content (AvgIpc) is 2.69. The molecule has 2 N–H and O–H groups in total. The van der Waals surface area contributed by atoms with Crippen molar-refractivity contribution in [2.24, 2.45) is 4.99 Å². The molecule has 0 radical (unpaired) electrons. The molecule has 0 aliphatic heterocycles. The summed E-state index contributed by atoms with van der Waals surface area (Å²) in [5.74, 6) is 0.918. The molecule has 0 atom stereocenters. The Morgan fingerprint density at radius 2 is 1.90 bits per heavy atom. The first-order valence-corrected chi connectivity index (χ1v) is 9.90. The fourth-order valence-corrected chi connectivity index (χ4v) is 2.46. The lowest BCUT2D eigenvalue weighted by atomic mass is 10.2. The maximum absolute atomic E-state index is 12.8. The van der Waals surface area contributed by atoms with Crippen molar-refractivity contribution >= 4 is 29.9 Å². The molecule has 0 saturated heterocycles. The van der Waals surface area contributed by atoms with Crippen LogP contribution in [0.15, 0.2) is 23.2 Å². The SMILES string of the molecule is CCNC(=NCc1cccc(OCC)c1OC(F)F)NCCCCOCCOC.I. The van der Waals surface area contributed by atoms with E-state index in [-0.39, 0.29) is 42.0 Å². The molecule has 1 rings (SSSR count). The van der Waals surface area contributed by atoms with Gasteiger partial charge in [-0.15, -0.1) is 24.0 Å². The van der Waals surface area contributed by atoms with Gasteiger partial charge in [-0.25, -0.2) is 4.99 Å². The van der Waals surface area contributed by atoms with Crippen molar-refractivity contribution in [2.45, 2.75) is 39.8 Å². The van der Waals surface area contributed by atoms with Gasteiger partial charge in [-0.3, -0.25) is 0 Å². The molecule has 0 fully saturated rings. The standard InChI is InChI=1S/C20H33F2N3O4.HI/c1-4-23-20(24-11-6-7-12-27-14-13-26-3)25-15-16-9-8-10-17(28-5-2)18(16)29-19(21)22;/h8-10,19H,4-7,11-15H2,1-3H3,(H2,23,24,25);1H. The number of alkyl halides is 2. The van der Waals surface area contributed by atoms with E-state index in [1.54, 1.807) is 32.2 Å². The molecule has 10 heteroatoms. The van der Waals surface area contributed by atoms with Crippen molar-refractivity contribution in [3.05, 3.63) is 23.8 Å². The fourth-order valence-electron chi connectivity index (χ4n) is 2.46. The van der Waals surface area contributed by atoms with Crippen LogP contribution in [-0.4, -0.2) is 59.2 Å². The lowest BCUT2D eigenvalue weighted by molar-refractivity contribution is -0.0520. The van der Waals surface area contributed by atoms with Gasteiger partial charge in [-0.05, 0) is 32.8 Å². The van der Waals surface area contributed by atoms with Crippen molar-refractivity contribution in [1.82, 2.24) is 10.6 Å². The molecule has 1 aromatic carbocycles. The Morgan fingerprint density at radius 3 is 2.57 bits per heavy atom. The van der Waals surface area contributed by atoms with Crippen LogP contribution in [0.2, 0.25) is 0 Å². The largest absolute Gasteiger partial charge is 0.490 e. The summed E-state index contributed by atoms with van der Waals surface area (Å²) in [5, 5.41) is 6.37. The summed E-state index contributed by atoms with van der Waals surface area (Å²) >= 11 is 0. The molecule has 7 nitrogen and oxygen atoms in total. The molecule has 0 spiro atoms. The predicted octanol–water partition coefficient (Wildman–Crippen LogP) is 3.80. The van der Waals surface area contributed by atoms with Crippen molar-refractivity contribution in [3.63, 3.8) is 0 Å². The van der Waals surface area contributed by atoms with Gasteiger partial charge in [-0.1, -0.05) is 12.1 Å². The van der Waals surface area contributed by atoms with E-state index in [4.69, 9.17) is 14.2 Å². The molecule has 0 saturated carbocycles. The van der Waals surface area contributed by atoms with Crippen molar-refractivity contribution in [1.29, 1.82) is 0 Å². The Morgan fingerprint density at radius 1 is 1.10 bits per heavy atom. The predicted molar refractivity (Wildman–Crippen MR) is 124 cm³/mol. The summed E-state index contributed by atoms with van der Waals surface area (Å²) in [4.78, 5) is 4.48. The number of unbranched alkanes of at least 4 members (excludes halogenated alkanes) is 1. The highest BCUT2D eigenvalue weighted by molar-refractivity contribution is 14.0. The number of hydrogen-bond acceptors (Lipinski definition) is 5. The second-order valence-corrected chi connectivity index (χ2v) is 5.99. The smallest absolute Gasteiger partial charge is 0.387 e. The van der Waals surface area contributed by atoms with Crippen LogP contribution in [0.5, 0.6) is 11.5 Å². The summed E-state index contributed by atoms with van der Waals surface area (Å²) in [5.41, 5.74) is 0.528. The van der Waals surface area contributed by atoms with Gasteiger partial charge in [0.1, 0.15) is 0 Å². The molecule has 0 heterocycles. The molecule has 174 valence electrons. The summed E-state index contributed by atoms with van der Waals surface area (Å²) < 4.78 is 46.1. The van der Waals surface area contributed by atoms with Crippen LogP contribution in [0.4, 0.5) is 8.78 Å². The van der Waals surface area contributed by atoms with Crippen LogP contribution in [0, 0.1) is 0 Å². The summed E-state index contributed by atoms with van der Waals surface area (Å²) in [6, 6.07) is 5.04. The van der Waals surface area contributed by atoms with Gasteiger partial charge in [0, 0.05) is 32.4 Å². The molecule has 0 bridgehead atoms. The van der Waals surface area contributed by atoms with Crippen LogP contribution >= 0.6 is 24.0 Å². The number of aliphatic imine (C=N–C) groups is 1. The van der Waals surface area contributed by atoms with E-state index in [9.17, 15) is 8.78 Å². The maximum Gasteiger partial charge on any atom is 0.387 e. The molecule has 1 aromatic rings. The number of guanidine groups is 1. The fraction of sp³-hybridized carbons (Fsp3) is 0.650. The zero-order chi connectivity index (χ0) is 21.3. The highest BCUT2D eigenvalue weighted by Gasteiger charge is 2.15. The lowest BCUT2D eigenvalue weighted by Crippen LogP contribution is -2.37. The molecular weight excluding hydrogens is 511 g/mol.